The number of aliphatic hydroxyl groups excluding tert-OH is 1. The first-order chi connectivity index (χ1) is 9.51. The molecule has 21 heavy (non-hydrogen) atoms. The largest absolute Gasteiger partial charge is 0.388 e. The lowest BCUT2D eigenvalue weighted by Gasteiger charge is -2.21. The molecule has 0 aliphatic heterocycles. The Bertz CT molecular complexity index is 509. The van der Waals surface area contributed by atoms with Crippen molar-refractivity contribution < 1.29 is 5.11 Å². The van der Waals surface area contributed by atoms with Crippen molar-refractivity contribution in [2.45, 2.75) is 73.3 Å². The summed E-state index contributed by atoms with van der Waals surface area (Å²) >= 11 is 0. The Hall–Kier alpha value is -0.820. The molecule has 1 heteroatoms. The van der Waals surface area contributed by atoms with Crippen LogP contribution >= 0.6 is 0 Å². The molecule has 0 aromatic heterocycles. The van der Waals surface area contributed by atoms with Gasteiger partial charge in [0.2, 0.25) is 0 Å². The van der Waals surface area contributed by atoms with Crippen LogP contribution < -0.4 is 0 Å². The highest BCUT2D eigenvalue weighted by atomic mass is 16.3. The van der Waals surface area contributed by atoms with E-state index in [1.165, 1.54) is 11.1 Å². The van der Waals surface area contributed by atoms with E-state index in [9.17, 15) is 5.11 Å². The van der Waals surface area contributed by atoms with Gasteiger partial charge < -0.3 is 5.11 Å². The summed E-state index contributed by atoms with van der Waals surface area (Å²) in [5.41, 5.74) is 4.23. The molecule has 1 aliphatic rings. The van der Waals surface area contributed by atoms with Gasteiger partial charge in [-0.05, 0) is 39.4 Å². The zero-order valence-electron chi connectivity index (χ0n) is 15.0. The topological polar surface area (TPSA) is 20.2 Å². The molecular weight excluding hydrogens is 256 g/mol. The first-order valence-corrected chi connectivity index (χ1v) is 8.33. The third kappa shape index (κ3) is 2.54. The molecule has 1 aromatic rings. The fourth-order valence-corrected chi connectivity index (χ4v) is 3.94. The summed E-state index contributed by atoms with van der Waals surface area (Å²) in [4.78, 5) is 0. The van der Waals surface area contributed by atoms with Crippen molar-refractivity contribution in [2.75, 3.05) is 0 Å². The van der Waals surface area contributed by atoms with E-state index in [1.54, 1.807) is 0 Å². The summed E-state index contributed by atoms with van der Waals surface area (Å²) in [7, 11) is 0. The smallest absolute Gasteiger partial charge is 0.0831 e. The number of benzene rings is 1. The Kier molecular flexibility index (Phi) is 4.04. The maximum atomic E-state index is 11.0. The van der Waals surface area contributed by atoms with Crippen molar-refractivity contribution in [3.63, 3.8) is 0 Å². The van der Waals surface area contributed by atoms with Crippen molar-refractivity contribution in [3.8, 4) is 0 Å². The van der Waals surface area contributed by atoms with E-state index in [4.69, 9.17) is 0 Å². The predicted octanol–water partition coefficient (Wildman–Crippen LogP) is 5.65. The summed E-state index contributed by atoms with van der Waals surface area (Å²) in [6.07, 6.45) is -0.353. The van der Waals surface area contributed by atoms with Crippen LogP contribution in [0.1, 0.15) is 90.0 Å². The highest BCUT2D eigenvalue weighted by Gasteiger charge is 2.67. The lowest BCUT2D eigenvalue weighted by atomic mass is 9.87. The van der Waals surface area contributed by atoms with Crippen molar-refractivity contribution in [3.05, 3.63) is 34.9 Å². The zero-order valence-corrected chi connectivity index (χ0v) is 15.0. The van der Waals surface area contributed by atoms with Crippen LogP contribution in [-0.4, -0.2) is 5.11 Å². The SMILES string of the molecule is CC(C)c1ccc(C(O)C2C(C)(C)C2(C)C)c(C(C)C)c1. The van der Waals surface area contributed by atoms with Crippen molar-refractivity contribution >= 4 is 0 Å². The van der Waals surface area contributed by atoms with Gasteiger partial charge in [0.05, 0.1) is 6.10 Å². The Morgan fingerprint density at radius 2 is 1.38 bits per heavy atom. The van der Waals surface area contributed by atoms with Gasteiger partial charge in [-0.15, -0.1) is 0 Å². The summed E-state index contributed by atoms with van der Waals surface area (Å²) in [6, 6.07) is 6.66. The highest BCUT2D eigenvalue weighted by Crippen LogP contribution is 2.72. The zero-order chi connectivity index (χ0) is 16.2. The van der Waals surface area contributed by atoms with Gasteiger partial charge >= 0.3 is 0 Å². The highest BCUT2D eigenvalue weighted by molar-refractivity contribution is 5.39. The molecular formula is C20H32O. The second kappa shape index (κ2) is 5.12. The maximum absolute atomic E-state index is 11.0. The fourth-order valence-electron chi connectivity index (χ4n) is 3.94. The van der Waals surface area contributed by atoms with Gasteiger partial charge in [-0.1, -0.05) is 73.6 Å². The Balaban J connectivity index is 2.41. The van der Waals surface area contributed by atoms with Crippen LogP contribution in [-0.2, 0) is 0 Å². The minimum Gasteiger partial charge on any atom is -0.388 e. The van der Waals surface area contributed by atoms with Gasteiger partial charge in [-0.25, -0.2) is 0 Å². The Labute approximate surface area is 130 Å². The molecule has 2 rings (SSSR count). The van der Waals surface area contributed by atoms with Gasteiger partial charge in [0, 0.05) is 5.92 Å². The Morgan fingerprint density at radius 3 is 1.76 bits per heavy atom. The third-order valence-corrected chi connectivity index (χ3v) is 6.17. The molecule has 0 bridgehead atoms. The number of rotatable bonds is 4. The van der Waals surface area contributed by atoms with E-state index in [1.807, 2.05) is 0 Å². The molecule has 1 atom stereocenters. The molecule has 1 fully saturated rings. The standard InChI is InChI=1S/C20H32O/c1-12(2)14-9-10-15(16(11-14)13(3)4)17(21)18-19(5,6)20(18,7)8/h9-13,17-18,21H,1-8H3. The van der Waals surface area contributed by atoms with E-state index < -0.39 is 0 Å². The third-order valence-electron chi connectivity index (χ3n) is 6.17. The molecule has 0 radical (unpaired) electrons. The van der Waals surface area contributed by atoms with E-state index in [2.05, 4.69) is 73.6 Å². The molecule has 1 unspecified atom stereocenters. The monoisotopic (exact) mass is 288 g/mol. The van der Waals surface area contributed by atoms with Crippen LogP contribution in [0.15, 0.2) is 18.2 Å². The van der Waals surface area contributed by atoms with Gasteiger partial charge in [-0.3, -0.25) is 0 Å². The fraction of sp³-hybridized carbons (Fsp3) is 0.700. The summed E-state index contributed by atoms with van der Waals surface area (Å²) < 4.78 is 0. The van der Waals surface area contributed by atoms with E-state index in [-0.39, 0.29) is 16.9 Å². The van der Waals surface area contributed by atoms with Crippen LogP contribution in [0.5, 0.6) is 0 Å². The van der Waals surface area contributed by atoms with Crippen LogP contribution in [0.4, 0.5) is 0 Å². The van der Waals surface area contributed by atoms with Crippen LogP contribution in [0, 0.1) is 16.7 Å². The second-order valence-corrected chi connectivity index (χ2v) is 8.56. The summed E-state index contributed by atoms with van der Waals surface area (Å²) in [6.45, 7) is 18.0. The minimum absolute atomic E-state index is 0.206. The lowest BCUT2D eigenvalue weighted by molar-refractivity contribution is 0.129. The van der Waals surface area contributed by atoms with E-state index >= 15 is 0 Å². The van der Waals surface area contributed by atoms with E-state index in [0.29, 0.717) is 17.8 Å². The minimum atomic E-state index is -0.353. The second-order valence-electron chi connectivity index (χ2n) is 8.56. The average molecular weight is 288 g/mol. The summed E-state index contributed by atoms with van der Waals surface area (Å²) in [5, 5.41) is 11.0. The number of hydrogen-bond donors (Lipinski definition) is 1. The first kappa shape index (κ1) is 16.5. The summed E-state index contributed by atoms with van der Waals surface area (Å²) in [5.74, 6) is 1.31. The van der Waals surface area contributed by atoms with Crippen molar-refractivity contribution in [2.24, 2.45) is 16.7 Å². The number of aliphatic hydroxyl groups is 1. The molecule has 1 aromatic carbocycles. The van der Waals surface area contributed by atoms with Crippen molar-refractivity contribution in [1.29, 1.82) is 0 Å². The van der Waals surface area contributed by atoms with Gasteiger partial charge in [-0.2, -0.15) is 0 Å². The quantitative estimate of drug-likeness (QED) is 0.759. The molecule has 118 valence electrons. The molecule has 1 nitrogen and oxygen atoms in total. The van der Waals surface area contributed by atoms with Crippen LogP contribution in [0.2, 0.25) is 0 Å². The molecule has 1 N–H and O–H groups in total. The normalized spacial score (nSPS) is 21.9. The Morgan fingerprint density at radius 1 is 0.857 bits per heavy atom. The molecule has 1 aliphatic carbocycles. The first-order valence-electron chi connectivity index (χ1n) is 8.33. The number of hydrogen-bond acceptors (Lipinski definition) is 1. The average Bonchev–Trinajstić information content (AvgIpc) is 2.78. The molecule has 0 heterocycles. The lowest BCUT2D eigenvalue weighted by Crippen LogP contribution is -2.10. The maximum Gasteiger partial charge on any atom is 0.0831 e. The van der Waals surface area contributed by atoms with Crippen LogP contribution in [0.25, 0.3) is 0 Å². The van der Waals surface area contributed by atoms with Gasteiger partial charge in [0.25, 0.3) is 0 Å². The van der Waals surface area contributed by atoms with Crippen molar-refractivity contribution in [1.82, 2.24) is 0 Å². The predicted molar refractivity (Wildman–Crippen MR) is 90.6 cm³/mol. The molecule has 0 saturated heterocycles. The van der Waals surface area contributed by atoms with Gasteiger partial charge in [0.15, 0.2) is 0 Å². The van der Waals surface area contributed by atoms with Gasteiger partial charge in [0.1, 0.15) is 0 Å². The molecule has 0 amide bonds. The molecule has 0 spiro atoms. The molecule has 1 saturated carbocycles. The van der Waals surface area contributed by atoms with E-state index in [0.717, 1.165) is 5.56 Å². The van der Waals surface area contributed by atoms with Crippen LogP contribution in [0.3, 0.4) is 0 Å².